The Morgan fingerprint density at radius 1 is 0.739 bits per heavy atom. The number of non-ortho nitro benzene ring substituents is 1. The van der Waals surface area contributed by atoms with E-state index in [1.54, 1.807) is 79.1 Å². The number of nitrogens with one attached hydrogen (secondary N) is 3. The zero-order valence-corrected chi connectivity index (χ0v) is 25.0. The average Bonchev–Trinajstić information content (AvgIpc) is 3.09. The lowest BCUT2D eigenvalue weighted by Gasteiger charge is -2.17. The highest BCUT2D eigenvalue weighted by molar-refractivity contribution is 8.00. The van der Waals surface area contributed by atoms with Crippen molar-refractivity contribution in [1.82, 2.24) is 10.3 Å². The van der Waals surface area contributed by atoms with Crippen molar-refractivity contribution >= 4 is 52.6 Å². The van der Waals surface area contributed by atoms with Crippen molar-refractivity contribution in [2.75, 3.05) is 10.6 Å². The Labute approximate surface area is 268 Å². The number of nitrogens with zero attached hydrogens (tertiary/aromatic N) is 2. The molecular formula is C35H27N5O5S. The van der Waals surface area contributed by atoms with E-state index < -0.39 is 22.0 Å². The molecule has 1 atom stereocenters. The Hall–Kier alpha value is -6.07. The number of hydrogen-bond donors (Lipinski definition) is 3. The summed E-state index contributed by atoms with van der Waals surface area (Å²) in [5.74, 6) is -1.29. The first-order valence-electron chi connectivity index (χ1n) is 14.0. The molecule has 0 saturated carbocycles. The summed E-state index contributed by atoms with van der Waals surface area (Å²) in [5.41, 5.74) is 2.59. The lowest BCUT2D eigenvalue weighted by atomic mass is 10.1. The second kappa shape index (κ2) is 15.1. The first kappa shape index (κ1) is 31.4. The highest BCUT2D eigenvalue weighted by atomic mass is 32.2. The molecule has 0 aliphatic carbocycles. The molecule has 3 amide bonds. The zero-order valence-electron chi connectivity index (χ0n) is 24.2. The zero-order chi connectivity index (χ0) is 32.3. The molecule has 0 saturated heterocycles. The van der Waals surface area contributed by atoms with E-state index >= 15 is 0 Å². The summed E-state index contributed by atoms with van der Waals surface area (Å²) in [5, 5.41) is 18.9. The molecule has 0 radical (unpaired) electrons. The average molecular weight is 630 g/mol. The fourth-order valence-electron chi connectivity index (χ4n) is 4.30. The van der Waals surface area contributed by atoms with E-state index in [-0.39, 0.29) is 17.3 Å². The van der Waals surface area contributed by atoms with Crippen molar-refractivity contribution in [2.24, 2.45) is 0 Å². The van der Waals surface area contributed by atoms with Gasteiger partial charge in [0.25, 0.3) is 17.5 Å². The number of carbonyl (C=O) groups is 3. The van der Waals surface area contributed by atoms with Crippen LogP contribution < -0.4 is 16.0 Å². The number of pyridine rings is 1. The lowest BCUT2D eigenvalue weighted by Crippen LogP contribution is -2.30. The third-order valence-corrected chi connectivity index (χ3v) is 7.86. The van der Waals surface area contributed by atoms with Gasteiger partial charge < -0.3 is 16.0 Å². The number of rotatable bonds is 11. The molecule has 11 heteroatoms. The quantitative estimate of drug-likeness (QED) is 0.0626. The second-order valence-electron chi connectivity index (χ2n) is 9.84. The van der Waals surface area contributed by atoms with Gasteiger partial charge in [0.15, 0.2) is 0 Å². The minimum absolute atomic E-state index is 0.0573. The molecule has 0 fully saturated rings. The normalized spacial score (nSPS) is 11.6. The highest BCUT2D eigenvalue weighted by Crippen LogP contribution is 2.36. The van der Waals surface area contributed by atoms with Crippen LogP contribution in [0.25, 0.3) is 6.08 Å². The molecule has 0 bridgehead atoms. The summed E-state index contributed by atoms with van der Waals surface area (Å²) in [4.78, 5) is 55.0. The Kier molecular flexibility index (Phi) is 10.3. The maximum absolute atomic E-state index is 13.4. The van der Waals surface area contributed by atoms with Crippen LogP contribution >= 0.6 is 11.8 Å². The molecule has 0 aliphatic rings. The summed E-state index contributed by atoms with van der Waals surface area (Å²) in [6.45, 7) is 0. The van der Waals surface area contributed by atoms with Gasteiger partial charge in [-0.3, -0.25) is 29.5 Å². The van der Waals surface area contributed by atoms with Gasteiger partial charge in [-0.25, -0.2) is 0 Å². The molecular weight excluding hydrogens is 602 g/mol. The molecule has 0 spiro atoms. The first-order chi connectivity index (χ1) is 22.4. The SMILES string of the molecule is O=C(Nc1ccc(SC(C(=O)Nc2ccncc2)c2ccccc2)cc1)/C(=C/c1ccc([N+](=O)[O-])cc1)NC(=O)c1ccccc1. The van der Waals surface area contributed by atoms with Crippen LogP contribution in [-0.2, 0) is 9.59 Å². The molecule has 1 unspecified atom stereocenters. The third kappa shape index (κ3) is 8.52. The van der Waals surface area contributed by atoms with E-state index in [1.165, 1.54) is 42.1 Å². The largest absolute Gasteiger partial charge is 0.325 e. The van der Waals surface area contributed by atoms with Crippen molar-refractivity contribution in [3.8, 4) is 0 Å². The van der Waals surface area contributed by atoms with E-state index in [9.17, 15) is 24.5 Å². The number of nitro groups is 1. The van der Waals surface area contributed by atoms with Crippen molar-refractivity contribution in [2.45, 2.75) is 10.1 Å². The van der Waals surface area contributed by atoms with E-state index in [2.05, 4.69) is 20.9 Å². The summed E-state index contributed by atoms with van der Waals surface area (Å²) in [7, 11) is 0. The van der Waals surface area contributed by atoms with Crippen LogP contribution in [0.1, 0.15) is 26.7 Å². The molecule has 1 heterocycles. The number of carbonyl (C=O) groups excluding carboxylic acids is 3. The summed E-state index contributed by atoms with van der Waals surface area (Å²) >= 11 is 1.36. The standard InChI is InChI=1S/C35H27N5O5S/c41-33(26-9-5-2-6-10-26)39-31(23-24-11-15-29(16-12-24)40(44)45)34(42)37-27-13-17-30(18-14-27)46-32(25-7-3-1-4-8-25)35(43)38-28-19-21-36-22-20-28/h1-23,32H,(H,37,42)(H,39,41)(H,36,38,43)/b31-23-. The van der Waals surface area contributed by atoms with Gasteiger partial charge in [-0.1, -0.05) is 48.5 Å². The number of nitro benzene ring substituents is 1. The van der Waals surface area contributed by atoms with Crippen molar-refractivity contribution in [3.05, 3.63) is 166 Å². The number of amides is 3. The van der Waals surface area contributed by atoms with Gasteiger partial charge in [0, 0.05) is 46.4 Å². The monoisotopic (exact) mass is 629 g/mol. The van der Waals surface area contributed by atoms with Gasteiger partial charge in [-0.15, -0.1) is 11.8 Å². The summed E-state index contributed by atoms with van der Waals surface area (Å²) in [6, 6.07) is 33.9. The van der Waals surface area contributed by atoms with E-state index in [1.807, 2.05) is 30.3 Å². The van der Waals surface area contributed by atoms with Gasteiger partial charge in [-0.05, 0) is 77.9 Å². The minimum Gasteiger partial charge on any atom is -0.325 e. The maximum atomic E-state index is 13.4. The Morgan fingerprint density at radius 3 is 1.98 bits per heavy atom. The van der Waals surface area contributed by atoms with Gasteiger partial charge >= 0.3 is 0 Å². The molecule has 5 aromatic rings. The fourth-order valence-corrected chi connectivity index (χ4v) is 5.32. The van der Waals surface area contributed by atoms with Gasteiger partial charge in [0.05, 0.1) is 4.92 Å². The van der Waals surface area contributed by atoms with Gasteiger partial charge in [0.1, 0.15) is 10.9 Å². The molecule has 10 nitrogen and oxygen atoms in total. The highest BCUT2D eigenvalue weighted by Gasteiger charge is 2.22. The second-order valence-corrected chi connectivity index (χ2v) is 11.0. The molecule has 3 N–H and O–H groups in total. The van der Waals surface area contributed by atoms with E-state index in [0.717, 1.165) is 10.5 Å². The predicted molar refractivity (Wildman–Crippen MR) is 178 cm³/mol. The van der Waals surface area contributed by atoms with Crippen LogP contribution in [0.2, 0.25) is 0 Å². The summed E-state index contributed by atoms with van der Waals surface area (Å²) in [6.07, 6.45) is 4.65. The number of anilines is 2. The topological polar surface area (TPSA) is 143 Å². The number of hydrogen-bond acceptors (Lipinski definition) is 7. The molecule has 46 heavy (non-hydrogen) atoms. The number of benzene rings is 4. The smallest absolute Gasteiger partial charge is 0.272 e. The van der Waals surface area contributed by atoms with Crippen molar-refractivity contribution in [3.63, 3.8) is 0 Å². The lowest BCUT2D eigenvalue weighted by molar-refractivity contribution is -0.384. The van der Waals surface area contributed by atoms with Crippen LogP contribution in [-0.4, -0.2) is 27.6 Å². The molecule has 228 valence electrons. The fraction of sp³-hybridized carbons (Fsp3) is 0.0286. The van der Waals surface area contributed by atoms with Crippen molar-refractivity contribution < 1.29 is 19.3 Å². The molecule has 5 rings (SSSR count). The van der Waals surface area contributed by atoms with Crippen LogP contribution in [0.15, 0.2) is 144 Å². The van der Waals surface area contributed by atoms with Crippen LogP contribution in [0, 0.1) is 10.1 Å². The number of thioether (sulfide) groups is 1. The molecule has 4 aromatic carbocycles. The van der Waals surface area contributed by atoms with Gasteiger partial charge in [0.2, 0.25) is 5.91 Å². The number of aromatic nitrogens is 1. The minimum atomic E-state index is -0.595. The van der Waals surface area contributed by atoms with Crippen molar-refractivity contribution in [1.29, 1.82) is 0 Å². The van der Waals surface area contributed by atoms with Crippen LogP contribution in [0.4, 0.5) is 17.1 Å². The van der Waals surface area contributed by atoms with E-state index in [0.29, 0.717) is 22.5 Å². The Morgan fingerprint density at radius 2 is 1.35 bits per heavy atom. The summed E-state index contributed by atoms with van der Waals surface area (Å²) < 4.78 is 0. The molecule has 1 aromatic heterocycles. The Balaban J connectivity index is 1.33. The van der Waals surface area contributed by atoms with Gasteiger partial charge in [-0.2, -0.15) is 0 Å². The van der Waals surface area contributed by atoms with Crippen LogP contribution in [0.3, 0.4) is 0 Å². The predicted octanol–water partition coefficient (Wildman–Crippen LogP) is 6.87. The van der Waals surface area contributed by atoms with E-state index in [4.69, 9.17) is 0 Å². The van der Waals surface area contributed by atoms with Crippen LogP contribution in [0.5, 0.6) is 0 Å². The maximum Gasteiger partial charge on any atom is 0.272 e. The third-order valence-electron chi connectivity index (χ3n) is 6.60. The molecule has 0 aliphatic heterocycles. The first-order valence-corrected chi connectivity index (χ1v) is 14.9. The Bertz CT molecular complexity index is 1850.